The number of benzene rings is 1. The third kappa shape index (κ3) is 7.70. The van der Waals surface area contributed by atoms with E-state index < -0.39 is 18.2 Å². The van der Waals surface area contributed by atoms with Crippen molar-refractivity contribution in [1.82, 2.24) is 4.98 Å². The number of aryl methyl sites for hydroxylation is 2. The van der Waals surface area contributed by atoms with Gasteiger partial charge in [0.1, 0.15) is 11.9 Å². The van der Waals surface area contributed by atoms with Crippen LogP contribution in [0.1, 0.15) is 79.7 Å². The summed E-state index contributed by atoms with van der Waals surface area (Å²) in [6.45, 7) is 8.53. The molecule has 6 nitrogen and oxygen atoms in total. The minimum atomic E-state index is -0.706. The predicted octanol–water partition coefficient (Wildman–Crippen LogP) is 6.08. The third-order valence-electron chi connectivity index (χ3n) is 7.39. The van der Waals surface area contributed by atoms with Gasteiger partial charge in [-0.2, -0.15) is 0 Å². The van der Waals surface area contributed by atoms with E-state index in [1.165, 1.54) is 12.1 Å². The average Bonchev–Trinajstić information content (AvgIpc) is 2.84. The van der Waals surface area contributed by atoms with Crippen LogP contribution >= 0.6 is 0 Å². The second kappa shape index (κ2) is 12.3. The Bertz CT molecular complexity index is 1240. The van der Waals surface area contributed by atoms with Crippen LogP contribution in [0.25, 0.3) is 5.57 Å². The molecule has 7 heteroatoms. The molecule has 2 aliphatic rings. The fourth-order valence-electron chi connectivity index (χ4n) is 5.62. The lowest BCUT2D eigenvalue weighted by Gasteiger charge is -2.39. The second-order valence-corrected chi connectivity index (χ2v) is 11.3. The molecular formula is C32H38FNO5. The van der Waals surface area contributed by atoms with Gasteiger partial charge in [-0.1, -0.05) is 32.1 Å². The van der Waals surface area contributed by atoms with Gasteiger partial charge in [0.15, 0.2) is 5.78 Å². The van der Waals surface area contributed by atoms with Crippen molar-refractivity contribution >= 4 is 17.3 Å². The van der Waals surface area contributed by atoms with E-state index in [1.807, 2.05) is 38.1 Å². The van der Waals surface area contributed by atoms with E-state index in [0.717, 1.165) is 34.5 Å². The summed E-state index contributed by atoms with van der Waals surface area (Å²) in [4.78, 5) is 28.8. The van der Waals surface area contributed by atoms with Crippen molar-refractivity contribution in [2.45, 2.75) is 84.5 Å². The molecule has 1 aliphatic carbocycles. The first kappa shape index (κ1) is 28.8. The normalized spacial score (nSPS) is 23.2. The molecule has 0 bridgehead atoms. The van der Waals surface area contributed by atoms with Crippen LogP contribution in [0, 0.1) is 25.1 Å². The predicted molar refractivity (Wildman–Crippen MR) is 148 cm³/mol. The van der Waals surface area contributed by atoms with E-state index in [-0.39, 0.29) is 29.5 Å². The van der Waals surface area contributed by atoms with Gasteiger partial charge >= 0.3 is 5.97 Å². The van der Waals surface area contributed by atoms with Crippen LogP contribution in [0.4, 0.5) is 4.39 Å². The molecule has 3 atom stereocenters. The molecule has 1 aromatic heterocycles. The van der Waals surface area contributed by atoms with Crippen molar-refractivity contribution in [3.63, 3.8) is 0 Å². The Morgan fingerprint density at radius 1 is 1.18 bits per heavy atom. The molecule has 0 amide bonds. The standard InChI is InChI=1S/C32H38FNO5/c1-20-14-23(15-21(2)34-20)30(36)6-5-13-38-27-18-28(22-7-9-24(33)10-8-22)29(32(3,4)19-27)12-11-26-16-25(35)17-31(37)39-26/h7-12,14-15,25-27,35H,5-6,13,16-19H2,1-4H3/t25-,26-,27?/m0/s1. The molecule has 0 radical (unpaired) electrons. The number of nitrogens with zero attached hydrogens (tertiary/aromatic N) is 1. The fourth-order valence-corrected chi connectivity index (χ4v) is 5.62. The number of ether oxygens (including phenoxy) is 2. The van der Waals surface area contributed by atoms with Crippen molar-refractivity contribution in [2.24, 2.45) is 5.41 Å². The molecule has 1 saturated heterocycles. The molecule has 0 spiro atoms. The zero-order chi connectivity index (χ0) is 28.2. The molecule has 2 heterocycles. The number of ketones is 1. The van der Waals surface area contributed by atoms with Crippen LogP contribution < -0.4 is 0 Å². The zero-order valence-corrected chi connectivity index (χ0v) is 23.2. The molecule has 1 aliphatic heterocycles. The molecule has 0 saturated carbocycles. The first-order valence-corrected chi connectivity index (χ1v) is 13.7. The highest BCUT2D eigenvalue weighted by Gasteiger charge is 2.35. The lowest BCUT2D eigenvalue weighted by atomic mass is 9.69. The maximum atomic E-state index is 13.7. The smallest absolute Gasteiger partial charge is 0.309 e. The van der Waals surface area contributed by atoms with Crippen LogP contribution in [0.5, 0.6) is 0 Å². The Hall–Kier alpha value is -3.16. The van der Waals surface area contributed by atoms with Crippen LogP contribution in [-0.4, -0.2) is 46.8 Å². The maximum absolute atomic E-state index is 13.7. The van der Waals surface area contributed by atoms with Crippen molar-refractivity contribution in [3.05, 3.63) is 82.5 Å². The van der Waals surface area contributed by atoms with Crippen LogP contribution in [0.15, 0.2) is 54.1 Å². The first-order chi connectivity index (χ1) is 18.5. The largest absolute Gasteiger partial charge is 0.458 e. The highest BCUT2D eigenvalue weighted by atomic mass is 19.1. The molecule has 1 fully saturated rings. The van der Waals surface area contributed by atoms with Gasteiger partial charge < -0.3 is 14.6 Å². The lowest BCUT2D eigenvalue weighted by molar-refractivity contribution is -0.156. The Labute approximate surface area is 229 Å². The number of aliphatic hydroxyl groups is 1. The van der Waals surface area contributed by atoms with Gasteiger partial charge in [-0.15, -0.1) is 0 Å². The van der Waals surface area contributed by atoms with Crippen LogP contribution in [0.2, 0.25) is 0 Å². The number of hydrogen-bond acceptors (Lipinski definition) is 6. The quantitative estimate of drug-likeness (QED) is 0.238. The van der Waals surface area contributed by atoms with Gasteiger partial charge in [0.2, 0.25) is 0 Å². The van der Waals surface area contributed by atoms with E-state index in [4.69, 9.17) is 9.47 Å². The Balaban J connectivity index is 1.47. The lowest BCUT2D eigenvalue weighted by Crippen LogP contribution is -2.32. The number of aromatic nitrogens is 1. The summed E-state index contributed by atoms with van der Waals surface area (Å²) in [5.41, 5.74) is 5.12. The van der Waals surface area contributed by atoms with E-state index in [0.29, 0.717) is 37.9 Å². The number of pyridine rings is 1. The Kier molecular flexibility index (Phi) is 9.13. The van der Waals surface area contributed by atoms with Gasteiger partial charge in [-0.05, 0) is 85.6 Å². The minimum absolute atomic E-state index is 0.0197. The van der Waals surface area contributed by atoms with Gasteiger partial charge in [0.25, 0.3) is 0 Å². The molecule has 1 aromatic carbocycles. The Morgan fingerprint density at radius 3 is 2.54 bits per heavy atom. The molecular weight excluding hydrogens is 497 g/mol. The Morgan fingerprint density at radius 2 is 1.87 bits per heavy atom. The average molecular weight is 536 g/mol. The third-order valence-corrected chi connectivity index (χ3v) is 7.39. The molecule has 1 N–H and O–H groups in total. The number of aliphatic hydroxyl groups excluding tert-OH is 1. The van der Waals surface area contributed by atoms with Crippen molar-refractivity contribution in [2.75, 3.05) is 6.61 Å². The van der Waals surface area contributed by atoms with Gasteiger partial charge in [-0.25, -0.2) is 4.39 Å². The highest BCUT2D eigenvalue weighted by molar-refractivity contribution is 5.96. The monoisotopic (exact) mass is 535 g/mol. The van der Waals surface area contributed by atoms with E-state index in [9.17, 15) is 19.1 Å². The van der Waals surface area contributed by atoms with Gasteiger partial charge in [0.05, 0.1) is 18.6 Å². The molecule has 2 aromatic rings. The SMILES string of the molecule is Cc1cc(C(=O)CCCOC2CC(c3ccc(F)cc3)=C(C=C[C@H]3C[C@H](O)CC(=O)O3)C(C)(C)C2)cc(C)n1. The summed E-state index contributed by atoms with van der Waals surface area (Å²) < 4.78 is 25.4. The fraction of sp³-hybridized carbons (Fsp3) is 0.469. The van der Waals surface area contributed by atoms with Crippen molar-refractivity contribution in [1.29, 1.82) is 0 Å². The number of halogens is 1. The minimum Gasteiger partial charge on any atom is -0.458 e. The van der Waals surface area contributed by atoms with Crippen molar-refractivity contribution in [3.8, 4) is 0 Å². The number of carbonyl (C=O) groups excluding carboxylic acids is 2. The summed E-state index contributed by atoms with van der Waals surface area (Å²) in [5, 5.41) is 9.98. The summed E-state index contributed by atoms with van der Waals surface area (Å²) in [5.74, 6) is -0.615. The number of carbonyl (C=O) groups is 2. The number of rotatable bonds is 9. The summed E-state index contributed by atoms with van der Waals surface area (Å²) in [7, 11) is 0. The number of Topliss-reactive ketones (excluding diaryl/α,β-unsaturated/α-hetero) is 1. The summed E-state index contributed by atoms with van der Waals surface area (Å²) >= 11 is 0. The molecule has 39 heavy (non-hydrogen) atoms. The second-order valence-electron chi connectivity index (χ2n) is 11.3. The topological polar surface area (TPSA) is 85.7 Å². The van der Waals surface area contributed by atoms with Crippen LogP contribution in [0.3, 0.4) is 0 Å². The van der Waals surface area contributed by atoms with Gasteiger partial charge in [0, 0.05) is 36.4 Å². The summed E-state index contributed by atoms with van der Waals surface area (Å²) in [6, 6.07) is 10.1. The molecule has 208 valence electrons. The number of cyclic esters (lactones) is 1. The van der Waals surface area contributed by atoms with Gasteiger partial charge in [-0.3, -0.25) is 14.6 Å². The van der Waals surface area contributed by atoms with E-state index in [1.54, 1.807) is 12.1 Å². The molecule has 1 unspecified atom stereocenters. The van der Waals surface area contributed by atoms with E-state index >= 15 is 0 Å². The highest BCUT2D eigenvalue weighted by Crippen LogP contribution is 2.46. The first-order valence-electron chi connectivity index (χ1n) is 13.7. The summed E-state index contributed by atoms with van der Waals surface area (Å²) in [6.07, 6.45) is 5.38. The van der Waals surface area contributed by atoms with Crippen LogP contribution in [-0.2, 0) is 14.3 Å². The zero-order valence-electron chi connectivity index (χ0n) is 23.2. The number of allylic oxidation sites excluding steroid dienone is 2. The number of hydrogen-bond donors (Lipinski definition) is 1. The number of esters is 1. The molecule has 4 rings (SSSR count). The maximum Gasteiger partial charge on any atom is 0.309 e. The van der Waals surface area contributed by atoms with Crippen molar-refractivity contribution < 1.29 is 28.6 Å². The van der Waals surface area contributed by atoms with E-state index in [2.05, 4.69) is 18.8 Å².